The second-order valence-electron chi connectivity index (χ2n) is 8.15. The highest BCUT2D eigenvalue weighted by Gasteiger charge is 2.24. The summed E-state index contributed by atoms with van der Waals surface area (Å²) in [6, 6.07) is 34.8. The minimum absolute atomic E-state index is 0.0790. The Balaban J connectivity index is 1.27. The first-order valence-electron chi connectivity index (χ1n) is 11.6. The Hall–Kier alpha value is -4.51. The summed E-state index contributed by atoms with van der Waals surface area (Å²) in [5, 5.41) is 0. The highest BCUT2D eigenvalue weighted by atomic mass is 16.5. The van der Waals surface area contributed by atoms with Crippen molar-refractivity contribution in [1.29, 1.82) is 0 Å². The number of hydrogen-bond donors (Lipinski definition) is 0. The zero-order chi connectivity index (χ0) is 23.9. The summed E-state index contributed by atoms with van der Waals surface area (Å²) < 4.78 is 11.8. The number of urea groups is 1. The molecule has 0 spiro atoms. The molecular weight excluding hydrogens is 436 g/mol. The molecule has 2 amide bonds. The largest absolute Gasteiger partial charge is 0.489 e. The van der Waals surface area contributed by atoms with Crippen molar-refractivity contribution in [3.63, 3.8) is 0 Å². The van der Waals surface area contributed by atoms with Crippen LogP contribution in [-0.2, 0) is 6.61 Å². The maximum Gasteiger partial charge on any atom is 0.329 e. The van der Waals surface area contributed by atoms with Gasteiger partial charge >= 0.3 is 6.03 Å². The zero-order valence-electron chi connectivity index (χ0n) is 19.3. The van der Waals surface area contributed by atoms with Gasteiger partial charge in [0.1, 0.15) is 23.9 Å². The molecule has 174 valence electrons. The van der Waals surface area contributed by atoms with Crippen molar-refractivity contribution in [2.75, 3.05) is 22.9 Å². The summed E-state index contributed by atoms with van der Waals surface area (Å²) in [7, 11) is 0. The van der Waals surface area contributed by atoms with Gasteiger partial charge < -0.3 is 9.47 Å². The number of benzene rings is 4. The highest BCUT2D eigenvalue weighted by Crippen LogP contribution is 2.28. The van der Waals surface area contributed by atoms with Crippen molar-refractivity contribution in [1.82, 2.24) is 0 Å². The lowest BCUT2D eigenvalue weighted by Gasteiger charge is -2.28. The van der Waals surface area contributed by atoms with Crippen LogP contribution in [0.2, 0.25) is 0 Å². The Morgan fingerprint density at radius 2 is 1.06 bits per heavy atom. The van der Waals surface area contributed by atoms with Gasteiger partial charge in [0, 0.05) is 24.5 Å². The van der Waals surface area contributed by atoms with Crippen LogP contribution < -0.4 is 19.3 Å². The van der Waals surface area contributed by atoms with E-state index in [0.29, 0.717) is 19.7 Å². The predicted octanol–water partition coefficient (Wildman–Crippen LogP) is 7.06. The molecule has 1 heterocycles. The molecule has 0 N–H and O–H groups in total. The topological polar surface area (TPSA) is 42.0 Å². The van der Waals surface area contributed by atoms with Gasteiger partial charge in [-0.15, -0.1) is 0 Å². The molecule has 0 aromatic heterocycles. The van der Waals surface area contributed by atoms with Crippen LogP contribution in [0.15, 0.2) is 121 Å². The summed E-state index contributed by atoms with van der Waals surface area (Å²) in [4.78, 5) is 17.0. The molecule has 1 aliphatic heterocycles. The normalized spacial score (nSPS) is 13.4. The van der Waals surface area contributed by atoms with Crippen LogP contribution in [-0.4, -0.2) is 19.1 Å². The molecule has 5 rings (SSSR count). The Kier molecular flexibility index (Phi) is 6.76. The Morgan fingerprint density at radius 1 is 0.571 bits per heavy atom. The smallest absolute Gasteiger partial charge is 0.329 e. The van der Waals surface area contributed by atoms with Gasteiger partial charge in [0.2, 0.25) is 0 Å². The third-order valence-electron chi connectivity index (χ3n) is 5.73. The highest BCUT2D eigenvalue weighted by molar-refractivity contribution is 6.04. The summed E-state index contributed by atoms with van der Waals surface area (Å²) in [6.07, 6.45) is 4.04. The average molecular weight is 463 g/mol. The molecule has 0 bridgehead atoms. The molecular formula is C30H26N2O3. The van der Waals surface area contributed by atoms with Crippen molar-refractivity contribution < 1.29 is 14.3 Å². The lowest BCUT2D eigenvalue weighted by atomic mass is 10.2. The van der Waals surface area contributed by atoms with Crippen LogP contribution in [0.3, 0.4) is 0 Å². The van der Waals surface area contributed by atoms with E-state index in [1.54, 1.807) is 9.80 Å². The number of carbonyl (C=O) groups is 1. The van der Waals surface area contributed by atoms with Gasteiger partial charge in [-0.1, -0.05) is 60.7 Å². The van der Waals surface area contributed by atoms with Crippen LogP contribution >= 0.6 is 0 Å². The molecule has 0 fully saturated rings. The quantitative estimate of drug-likeness (QED) is 0.276. The van der Waals surface area contributed by atoms with E-state index in [0.717, 1.165) is 34.2 Å². The molecule has 4 aromatic rings. The number of para-hydroxylation sites is 1. The van der Waals surface area contributed by atoms with Crippen LogP contribution in [0.5, 0.6) is 17.2 Å². The van der Waals surface area contributed by atoms with Gasteiger partial charge in [0.25, 0.3) is 0 Å². The van der Waals surface area contributed by atoms with Gasteiger partial charge in [0.15, 0.2) is 0 Å². The predicted molar refractivity (Wildman–Crippen MR) is 139 cm³/mol. The number of hydrogen-bond acceptors (Lipinski definition) is 3. The lowest BCUT2D eigenvalue weighted by molar-refractivity contribution is 0.253. The minimum Gasteiger partial charge on any atom is -0.489 e. The van der Waals surface area contributed by atoms with E-state index in [1.807, 2.05) is 121 Å². The number of nitrogens with zero attached hydrogens (tertiary/aromatic N) is 2. The summed E-state index contributed by atoms with van der Waals surface area (Å²) in [6.45, 7) is 1.52. The first-order chi connectivity index (χ1) is 17.3. The van der Waals surface area contributed by atoms with Crippen LogP contribution in [0, 0.1) is 0 Å². The SMILES string of the molecule is O=C1N(c2ccc(OCc3ccccc3)cc2)CC=CCN1c1ccc(Oc2ccccc2)cc1. The van der Waals surface area contributed by atoms with Crippen molar-refractivity contribution in [3.8, 4) is 17.2 Å². The number of rotatable bonds is 7. The molecule has 0 radical (unpaired) electrons. The van der Waals surface area contributed by atoms with E-state index in [4.69, 9.17) is 9.47 Å². The Morgan fingerprint density at radius 3 is 1.63 bits per heavy atom. The fraction of sp³-hybridized carbons (Fsp3) is 0.100. The number of carbonyl (C=O) groups excluding carboxylic acids is 1. The maximum absolute atomic E-state index is 13.5. The van der Waals surface area contributed by atoms with Gasteiger partial charge in [-0.25, -0.2) is 4.79 Å². The summed E-state index contributed by atoms with van der Waals surface area (Å²) in [5.41, 5.74) is 2.75. The first kappa shape index (κ1) is 22.3. The summed E-state index contributed by atoms with van der Waals surface area (Å²) in [5.74, 6) is 2.26. The van der Waals surface area contributed by atoms with Crippen molar-refractivity contribution in [2.24, 2.45) is 0 Å². The standard InChI is InChI=1S/C30H26N2O3/c33-30-31(25-13-17-27(18-14-25)34-23-24-9-3-1-4-10-24)21-7-8-22-32(30)26-15-19-29(20-16-26)35-28-11-5-2-6-12-28/h1-20H,21-23H2. The maximum atomic E-state index is 13.5. The fourth-order valence-corrected chi connectivity index (χ4v) is 3.88. The molecule has 0 saturated heterocycles. The van der Waals surface area contributed by atoms with Gasteiger partial charge in [-0.2, -0.15) is 0 Å². The summed E-state index contributed by atoms with van der Waals surface area (Å²) >= 11 is 0. The molecule has 5 nitrogen and oxygen atoms in total. The second kappa shape index (κ2) is 10.6. The van der Waals surface area contributed by atoms with Gasteiger partial charge in [0.05, 0.1) is 0 Å². The van der Waals surface area contributed by atoms with E-state index in [2.05, 4.69) is 0 Å². The third kappa shape index (κ3) is 5.53. The molecule has 5 heteroatoms. The zero-order valence-corrected chi connectivity index (χ0v) is 19.3. The van der Waals surface area contributed by atoms with Crippen molar-refractivity contribution >= 4 is 17.4 Å². The van der Waals surface area contributed by atoms with Crippen LogP contribution in [0.25, 0.3) is 0 Å². The molecule has 4 aromatic carbocycles. The number of ether oxygens (including phenoxy) is 2. The van der Waals surface area contributed by atoms with E-state index in [-0.39, 0.29) is 6.03 Å². The van der Waals surface area contributed by atoms with Crippen LogP contribution in [0.4, 0.5) is 16.2 Å². The monoisotopic (exact) mass is 462 g/mol. The second-order valence-corrected chi connectivity index (χ2v) is 8.15. The molecule has 35 heavy (non-hydrogen) atoms. The molecule has 0 atom stereocenters. The lowest BCUT2D eigenvalue weighted by Crippen LogP contribution is -2.42. The number of anilines is 2. The molecule has 0 saturated carbocycles. The van der Waals surface area contributed by atoms with Crippen LogP contribution in [0.1, 0.15) is 5.56 Å². The van der Waals surface area contributed by atoms with Gasteiger partial charge in [-0.3, -0.25) is 9.80 Å². The fourth-order valence-electron chi connectivity index (χ4n) is 3.88. The van der Waals surface area contributed by atoms with E-state index in [1.165, 1.54) is 0 Å². The van der Waals surface area contributed by atoms with Gasteiger partial charge in [-0.05, 0) is 66.2 Å². The molecule has 0 unspecified atom stereocenters. The third-order valence-corrected chi connectivity index (χ3v) is 5.73. The Bertz CT molecular complexity index is 1270. The van der Waals surface area contributed by atoms with Crippen molar-refractivity contribution in [2.45, 2.75) is 6.61 Å². The Labute approximate surface area is 205 Å². The van der Waals surface area contributed by atoms with E-state index < -0.39 is 0 Å². The van der Waals surface area contributed by atoms with E-state index >= 15 is 0 Å². The minimum atomic E-state index is -0.0790. The van der Waals surface area contributed by atoms with E-state index in [9.17, 15) is 4.79 Å². The molecule has 0 aliphatic carbocycles. The number of amides is 2. The molecule has 1 aliphatic rings. The van der Waals surface area contributed by atoms with Crippen molar-refractivity contribution in [3.05, 3.63) is 127 Å². The average Bonchev–Trinajstić information content (AvgIpc) is 3.11. The first-order valence-corrected chi connectivity index (χ1v) is 11.6.